The molecule has 1 amide bonds. The van der Waals surface area contributed by atoms with Crippen molar-refractivity contribution in [3.8, 4) is 0 Å². The number of aromatic nitrogens is 2. The summed E-state index contributed by atoms with van der Waals surface area (Å²) in [5.74, 6) is -0.257. The van der Waals surface area contributed by atoms with Gasteiger partial charge in [0.25, 0.3) is 5.91 Å². The standard InChI is InChI=1S/C22H24ClN3O2/c23-18-8-6-16(7-9-18)13-17-14-19(25-26-12-4-5-20(17)26)21(27)24-15-22(28)10-2-1-3-11-22/h4-9,12,14,28H,1-3,10-11,13,15H2,(H,24,27). The van der Waals surface area contributed by atoms with Crippen LogP contribution in [0.3, 0.4) is 0 Å². The predicted molar refractivity (Wildman–Crippen MR) is 110 cm³/mol. The van der Waals surface area contributed by atoms with Crippen LogP contribution in [-0.2, 0) is 6.42 Å². The van der Waals surface area contributed by atoms with E-state index in [0.29, 0.717) is 17.1 Å². The van der Waals surface area contributed by atoms with Crippen molar-refractivity contribution < 1.29 is 9.90 Å². The van der Waals surface area contributed by atoms with E-state index in [1.807, 2.05) is 48.7 Å². The number of hydrogen-bond donors (Lipinski definition) is 2. The average molecular weight is 398 g/mol. The summed E-state index contributed by atoms with van der Waals surface area (Å²) in [6, 6.07) is 13.5. The van der Waals surface area contributed by atoms with Gasteiger partial charge in [-0.1, -0.05) is 43.0 Å². The number of carbonyl (C=O) groups is 1. The lowest BCUT2D eigenvalue weighted by atomic mass is 9.85. The minimum Gasteiger partial charge on any atom is -0.388 e. The van der Waals surface area contributed by atoms with Crippen molar-refractivity contribution in [1.29, 1.82) is 0 Å². The molecule has 2 aromatic heterocycles. The van der Waals surface area contributed by atoms with Crippen LogP contribution in [0.25, 0.3) is 5.52 Å². The Balaban J connectivity index is 1.55. The van der Waals surface area contributed by atoms with Crippen LogP contribution in [0.1, 0.15) is 53.7 Å². The Bertz CT molecular complexity index is 975. The molecular formula is C22H24ClN3O2. The molecule has 146 valence electrons. The molecule has 0 radical (unpaired) electrons. The fourth-order valence-corrected chi connectivity index (χ4v) is 4.02. The smallest absolute Gasteiger partial charge is 0.271 e. The van der Waals surface area contributed by atoms with Gasteiger partial charge in [-0.05, 0) is 60.7 Å². The van der Waals surface area contributed by atoms with E-state index in [1.54, 1.807) is 4.52 Å². The Labute approximate surface area is 169 Å². The topological polar surface area (TPSA) is 66.6 Å². The Morgan fingerprint density at radius 2 is 1.93 bits per heavy atom. The van der Waals surface area contributed by atoms with Gasteiger partial charge in [0.05, 0.1) is 11.1 Å². The molecule has 5 nitrogen and oxygen atoms in total. The Kier molecular flexibility index (Phi) is 5.38. The molecule has 2 N–H and O–H groups in total. The first kappa shape index (κ1) is 19.0. The number of halogens is 1. The third kappa shape index (κ3) is 4.21. The lowest BCUT2D eigenvalue weighted by molar-refractivity contribution is 0.00520. The summed E-state index contributed by atoms with van der Waals surface area (Å²) in [4.78, 5) is 12.7. The third-order valence-electron chi connectivity index (χ3n) is 5.49. The summed E-state index contributed by atoms with van der Waals surface area (Å²) in [6.07, 6.45) is 7.15. The van der Waals surface area contributed by atoms with Crippen LogP contribution in [0.15, 0.2) is 48.7 Å². The molecule has 1 aromatic carbocycles. The van der Waals surface area contributed by atoms with Gasteiger partial charge in [0.1, 0.15) is 5.69 Å². The second-order valence-electron chi connectivity index (χ2n) is 7.66. The van der Waals surface area contributed by atoms with Crippen molar-refractivity contribution in [3.63, 3.8) is 0 Å². The first-order valence-electron chi connectivity index (χ1n) is 9.75. The first-order valence-corrected chi connectivity index (χ1v) is 10.1. The van der Waals surface area contributed by atoms with Crippen LogP contribution < -0.4 is 5.32 Å². The fourth-order valence-electron chi connectivity index (χ4n) is 3.89. The molecule has 1 fully saturated rings. The number of amides is 1. The number of hydrogen-bond acceptors (Lipinski definition) is 3. The summed E-state index contributed by atoms with van der Waals surface area (Å²) in [7, 11) is 0. The maximum Gasteiger partial charge on any atom is 0.271 e. The van der Waals surface area contributed by atoms with E-state index in [9.17, 15) is 9.90 Å². The van der Waals surface area contributed by atoms with Crippen molar-refractivity contribution in [2.75, 3.05) is 6.54 Å². The van der Waals surface area contributed by atoms with Crippen LogP contribution in [-0.4, -0.2) is 32.8 Å². The number of benzene rings is 1. The molecule has 1 aliphatic carbocycles. The molecule has 6 heteroatoms. The van der Waals surface area contributed by atoms with Gasteiger partial charge >= 0.3 is 0 Å². The van der Waals surface area contributed by atoms with Crippen molar-refractivity contribution in [3.05, 3.63) is 70.5 Å². The van der Waals surface area contributed by atoms with E-state index < -0.39 is 5.60 Å². The molecular weight excluding hydrogens is 374 g/mol. The number of fused-ring (bicyclic) bond motifs is 1. The number of carbonyl (C=O) groups excluding carboxylic acids is 1. The zero-order chi connectivity index (χ0) is 19.6. The van der Waals surface area contributed by atoms with Gasteiger partial charge in [-0.2, -0.15) is 5.10 Å². The molecule has 0 saturated heterocycles. The molecule has 0 spiro atoms. The van der Waals surface area contributed by atoms with Gasteiger partial charge in [0.2, 0.25) is 0 Å². The van der Waals surface area contributed by atoms with Crippen molar-refractivity contribution >= 4 is 23.0 Å². The van der Waals surface area contributed by atoms with E-state index in [-0.39, 0.29) is 12.5 Å². The van der Waals surface area contributed by atoms with Gasteiger partial charge in [-0.3, -0.25) is 4.79 Å². The number of rotatable bonds is 5. The molecule has 28 heavy (non-hydrogen) atoms. The Hall–Kier alpha value is -2.37. The predicted octanol–water partition coefficient (Wildman–Crippen LogP) is 4.00. The molecule has 1 aliphatic rings. The van der Waals surface area contributed by atoms with Crippen LogP contribution >= 0.6 is 11.6 Å². The highest BCUT2D eigenvalue weighted by Crippen LogP contribution is 2.27. The van der Waals surface area contributed by atoms with Crippen LogP contribution in [0.2, 0.25) is 5.02 Å². The van der Waals surface area contributed by atoms with Crippen molar-refractivity contribution in [2.24, 2.45) is 0 Å². The Morgan fingerprint density at radius 1 is 1.18 bits per heavy atom. The van der Waals surface area contributed by atoms with Crippen LogP contribution in [0.5, 0.6) is 0 Å². The highest BCUT2D eigenvalue weighted by Gasteiger charge is 2.29. The van der Waals surface area contributed by atoms with Gasteiger partial charge in [0.15, 0.2) is 0 Å². The average Bonchev–Trinajstić information content (AvgIpc) is 3.17. The van der Waals surface area contributed by atoms with Crippen LogP contribution in [0, 0.1) is 0 Å². The highest BCUT2D eigenvalue weighted by molar-refractivity contribution is 6.30. The molecule has 0 atom stereocenters. The van der Waals surface area contributed by atoms with E-state index in [0.717, 1.165) is 48.7 Å². The summed E-state index contributed by atoms with van der Waals surface area (Å²) in [5.41, 5.74) is 2.66. The zero-order valence-corrected chi connectivity index (χ0v) is 16.5. The summed E-state index contributed by atoms with van der Waals surface area (Å²) in [5, 5.41) is 18.6. The molecule has 0 bridgehead atoms. The van der Waals surface area contributed by atoms with Gasteiger partial charge < -0.3 is 10.4 Å². The first-order chi connectivity index (χ1) is 13.5. The monoisotopic (exact) mass is 397 g/mol. The highest BCUT2D eigenvalue weighted by atomic mass is 35.5. The van der Waals surface area contributed by atoms with E-state index in [1.165, 1.54) is 0 Å². The van der Waals surface area contributed by atoms with E-state index >= 15 is 0 Å². The minimum absolute atomic E-state index is 0.257. The maximum atomic E-state index is 12.7. The lowest BCUT2D eigenvalue weighted by Crippen LogP contribution is -2.44. The summed E-state index contributed by atoms with van der Waals surface area (Å²) >= 11 is 5.98. The molecule has 4 rings (SSSR count). The fraction of sp³-hybridized carbons (Fsp3) is 0.364. The maximum absolute atomic E-state index is 12.7. The van der Waals surface area contributed by atoms with E-state index in [4.69, 9.17) is 11.6 Å². The minimum atomic E-state index is -0.794. The molecule has 0 unspecified atom stereocenters. The van der Waals surface area contributed by atoms with Gasteiger partial charge in [-0.15, -0.1) is 0 Å². The lowest BCUT2D eigenvalue weighted by Gasteiger charge is -2.32. The second-order valence-corrected chi connectivity index (χ2v) is 8.10. The largest absolute Gasteiger partial charge is 0.388 e. The quantitative estimate of drug-likeness (QED) is 0.683. The second kappa shape index (κ2) is 7.94. The number of nitrogens with zero attached hydrogens (tertiary/aromatic N) is 2. The summed E-state index contributed by atoms with van der Waals surface area (Å²) < 4.78 is 1.73. The van der Waals surface area contributed by atoms with Gasteiger partial charge in [0, 0.05) is 17.8 Å². The van der Waals surface area contributed by atoms with Crippen LogP contribution in [0.4, 0.5) is 0 Å². The normalized spacial score (nSPS) is 16.2. The molecule has 0 aliphatic heterocycles. The molecule has 3 aromatic rings. The third-order valence-corrected chi connectivity index (χ3v) is 5.74. The van der Waals surface area contributed by atoms with Crippen molar-refractivity contribution in [1.82, 2.24) is 14.9 Å². The number of aliphatic hydroxyl groups is 1. The van der Waals surface area contributed by atoms with Gasteiger partial charge in [-0.25, -0.2) is 4.52 Å². The van der Waals surface area contributed by atoms with E-state index in [2.05, 4.69) is 10.4 Å². The molecule has 1 saturated carbocycles. The zero-order valence-electron chi connectivity index (χ0n) is 15.7. The SMILES string of the molecule is O=C(NCC1(O)CCCCC1)c1cc(Cc2ccc(Cl)cc2)c2cccn2n1. The van der Waals surface area contributed by atoms with Crippen molar-refractivity contribution in [2.45, 2.75) is 44.1 Å². The Morgan fingerprint density at radius 3 is 2.68 bits per heavy atom. The summed E-state index contributed by atoms with van der Waals surface area (Å²) in [6.45, 7) is 0.268. The number of nitrogens with one attached hydrogen (secondary N) is 1. The molecule has 2 heterocycles.